The van der Waals surface area contributed by atoms with Crippen LogP contribution >= 0.6 is 0 Å². The number of rotatable bonds is 14. The van der Waals surface area contributed by atoms with Crippen LogP contribution in [0.5, 0.6) is 11.5 Å². The minimum absolute atomic E-state index is 0.0249. The average Bonchev–Trinajstić information content (AvgIpc) is 3.21. The van der Waals surface area contributed by atoms with Gasteiger partial charge in [0.05, 0.1) is 20.0 Å². The van der Waals surface area contributed by atoms with Gasteiger partial charge < -0.3 is 35.4 Å². The molecular formula is C28H35N3O7. The van der Waals surface area contributed by atoms with E-state index in [4.69, 9.17) is 30.4 Å². The molecule has 0 bridgehead atoms. The van der Waals surface area contributed by atoms with Gasteiger partial charge in [-0.2, -0.15) is 0 Å². The largest absolute Gasteiger partial charge is 0.497 e. The number of esters is 3. The summed E-state index contributed by atoms with van der Waals surface area (Å²) in [5.74, 6) is -0.319. The topological polar surface area (TPSA) is 156 Å². The van der Waals surface area contributed by atoms with Crippen LogP contribution in [0, 0.1) is 6.92 Å². The molecule has 1 unspecified atom stereocenters. The molecule has 5 N–H and O–H groups in total. The number of aryl methyl sites for hydroxylation is 1. The lowest BCUT2D eigenvalue weighted by Gasteiger charge is -2.11. The Kier molecular flexibility index (Phi) is 10.7. The van der Waals surface area contributed by atoms with E-state index in [1.807, 2.05) is 25.1 Å². The van der Waals surface area contributed by atoms with Crippen molar-refractivity contribution in [2.45, 2.75) is 45.1 Å². The third-order valence-corrected chi connectivity index (χ3v) is 6.01. The first-order chi connectivity index (χ1) is 18.3. The molecule has 0 aliphatic heterocycles. The van der Waals surface area contributed by atoms with Crippen molar-refractivity contribution in [3.63, 3.8) is 0 Å². The van der Waals surface area contributed by atoms with E-state index >= 15 is 0 Å². The van der Waals surface area contributed by atoms with Gasteiger partial charge in [-0.3, -0.25) is 14.4 Å². The maximum absolute atomic E-state index is 12.6. The van der Waals surface area contributed by atoms with Gasteiger partial charge in [0.15, 0.2) is 0 Å². The van der Waals surface area contributed by atoms with E-state index in [0.29, 0.717) is 30.0 Å². The summed E-state index contributed by atoms with van der Waals surface area (Å²) in [5, 5.41) is 0.910. The number of H-pyrrole nitrogens is 1. The molecule has 0 aliphatic carbocycles. The van der Waals surface area contributed by atoms with Crippen molar-refractivity contribution in [2.24, 2.45) is 11.5 Å². The predicted molar refractivity (Wildman–Crippen MR) is 142 cm³/mol. The molecule has 0 fully saturated rings. The summed E-state index contributed by atoms with van der Waals surface area (Å²) in [4.78, 5) is 39.8. The molecule has 10 nitrogen and oxygen atoms in total. The summed E-state index contributed by atoms with van der Waals surface area (Å²) >= 11 is 0. The second-order valence-corrected chi connectivity index (χ2v) is 8.89. The number of methoxy groups -OCH3 is 1. The number of aromatic amines is 1. The number of carbonyl (C=O) groups is 3. The predicted octanol–water partition coefficient (Wildman–Crippen LogP) is 2.72. The number of carbonyl (C=O) groups excluding carboxylic acids is 3. The third kappa shape index (κ3) is 8.32. The van der Waals surface area contributed by atoms with Crippen LogP contribution in [0.15, 0.2) is 42.5 Å². The molecule has 0 amide bonds. The Hall–Kier alpha value is -3.89. The zero-order valence-corrected chi connectivity index (χ0v) is 21.8. The number of benzene rings is 2. The monoisotopic (exact) mass is 525 g/mol. The maximum atomic E-state index is 12.6. The Morgan fingerprint density at radius 1 is 0.921 bits per heavy atom. The molecule has 0 saturated heterocycles. The molecule has 204 valence electrons. The van der Waals surface area contributed by atoms with Crippen LogP contribution in [-0.4, -0.2) is 55.8 Å². The van der Waals surface area contributed by atoms with Gasteiger partial charge in [0.25, 0.3) is 0 Å². The molecule has 0 aliphatic rings. The van der Waals surface area contributed by atoms with E-state index in [-0.39, 0.29) is 26.1 Å². The first-order valence-corrected chi connectivity index (χ1v) is 12.5. The zero-order valence-electron chi connectivity index (χ0n) is 21.8. The summed E-state index contributed by atoms with van der Waals surface area (Å²) in [7, 11) is 1.60. The van der Waals surface area contributed by atoms with Gasteiger partial charge in [-0.15, -0.1) is 0 Å². The highest BCUT2D eigenvalue weighted by molar-refractivity contribution is 5.90. The lowest BCUT2D eigenvalue weighted by Crippen LogP contribution is -2.33. The number of fused-ring (bicyclic) bond motifs is 1. The Labute approximate surface area is 221 Å². The van der Waals surface area contributed by atoms with Crippen LogP contribution in [0.4, 0.5) is 0 Å². The molecule has 3 rings (SSSR count). The number of unbranched alkanes of at least 4 members (excludes halogenated alkanes) is 1. The van der Waals surface area contributed by atoms with Crippen molar-refractivity contribution in [3.05, 3.63) is 59.3 Å². The molecule has 38 heavy (non-hydrogen) atoms. The highest BCUT2D eigenvalue weighted by Crippen LogP contribution is 2.27. The van der Waals surface area contributed by atoms with Gasteiger partial charge in [-0.05, 0) is 67.8 Å². The van der Waals surface area contributed by atoms with E-state index in [0.717, 1.165) is 35.0 Å². The summed E-state index contributed by atoms with van der Waals surface area (Å²) < 4.78 is 20.9. The van der Waals surface area contributed by atoms with E-state index in [9.17, 15) is 14.4 Å². The van der Waals surface area contributed by atoms with Crippen molar-refractivity contribution < 1.29 is 33.3 Å². The second kappa shape index (κ2) is 14.2. The molecule has 1 heterocycles. The van der Waals surface area contributed by atoms with E-state index in [1.165, 1.54) is 0 Å². The maximum Gasteiger partial charge on any atom is 0.323 e. The molecule has 10 heteroatoms. The minimum atomic E-state index is -0.709. The minimum Gasteiger partial charge on any atom is -0.497 e. The number of ether oxygens (including phenoxy) is 4. The van der Waals surface area contributed by atoms with Crippen molar-refractivity contribution >= 4 is 28.8 Å². The Bertz CT molecular complexity index is 1240. The van der Waals surface area contributed by atoms with Crippen LogP contribution in [0.2, 0.25) is 0 Å². The molecule has 2 aromatic carbocycles. The number of nitrogens with two attached hydrogens (primary N) is 2. The Balaban J connectivity index is 1.42. The van der Waals surface area contributed by atoms with E-state index in [1.54, 1.807) is 31.4 Å². The summed E-state index contributed by atoms with van der Waals surface area (Å²) in [5.41, 5.74) is 14.5. The number of aromatic nitrogens is 1. The number of nitrogens with one attached hydrogen (secondary N) is 1. The summed E-state index contributed by atoms with van der Waals surface area (Å²) in [6.07, 6.45) is 2.16. The molecule has 0 radical (unpaired) electrons. The quantitative estimate of drug-likeness (QED) is 0.164. The van der Waals surface area contributed by atoms with Crippen LogP contribution in [-0.2, 0) is 36.7 Å². The third-order valence-electron chi connectivity index (χ3n) is 6.01. The average molecular weight is 526 g/mol. The molecule has 1 atom stereocenters. The fourth-order valence-electron chi connectivity index (χ4n) is 3.95. The van der Waals surface area contributed by atoms with Crippen molar-refractivity contribution in [1.29, 1.82) is 0 Å². The highest BCUT2D eigenvalue weighted by Gasteiger charge is 2.16. The first kappa shape index (κ1) is 28.7. The van der Waals surface area contributed by atoms with Gasteiger partial charge in [0, 0.05) is 16.6 Å². The molecule has 3 aromatic rings. The molecular weight excluding hydrogens is 490 g/mol. The lowest BCUT2D eigenvalue weighted by molar-refractivity contribution is -0.152. The van der Waals surface area contributed by atoms with Crippen molar-refractivity contribution in [1.82, 2.24) is 4.98 Å². The Morgan fingerprint density at radius 2 is 1.63 bits per heavy atom. The first-order valence-electron chi connectivity index (χ1n) is 12.5. The van der Waals surface area contributed by atoms with Gasteiger partial charge >= 0.3 is 17.9 Å². The van der Waals surface area contributed by atoms with Crippen LogP contribution in [0.25, 0.3) is 10.9 Å². The van der Waals surface area contributed by atoms with Gasteiger partial charge in [0.1, 0.15) is 30.8 Å². The molecule has 0 saturated carbocycles. The molecule has 0 spiro atoms. The zero-order chi connectivity index (χ0) is 27.5. The van der Waals surface area contributed by atoms with Crippen LogP contribution < -0.4 is 20.9 Å². The highest BCUT2D eigenvalue weighted by atomic mass is 16.6. The SMILES string of the molecule is COc1ccc2[nH]c(C)c(CC(=O)Oc3ccc(CC(=O)OCCOC(=O)C(N)CCCCN)cc3)c2c1. The number of hydrogen-bond donors (Lipinski definition) is 3. The Morgan fingerprint density at radius 3 is 2.34 bits per heavy atom. The van der Waals surface area contributed by atoms with E-state index in [2.05, 4.69) is 4.98 Å². The van der Waals surface area contributed by atoms with Gasteiger partial charge in [-0.25, -0.2) is 0 Å². The van der Waals surface area contributed by atoms with Crippen molar-refractivity contribution in [3.8, 4) is 11.5 Å². The van der Waals surface area contributed by atoms with Gasteiger partial charge in [0.2, 0.25) is 0 Å². The van der Waals surface area contributed by atoms with Gasteiger partial charge in [-0.1, -0.05) is 18.6 Å². The summed E-state index contributed by atoms with van der Waals surface area (Å²) in [6, 6.07) is 11.6. The smallest absolute Gasteiger partial charge is 0.323 e. The molecule has 1 aromatic heterocycles. The van der Waals surface area contributed by atoms with Crippen molar-refractivity contribution in [2.75, 3.05) is 26.9 Å². The fourth-order valence-corrected chi connectivity index (χ4v) is 3.95. The normalized spacial score (nSPS) is 11.7. The van der Waals surface area contributed by atoms with Crippen LogP contribution in [0.1, 0.15) is 36.1 Å². The number of hydrogen-bond acceptors (Lipinski definition) is 9. The summed E-state index contributed by atoms with van der Waals surface area (Å²) in [6.45, 7) is 2.34. The lowest BCUT2D eigenvalue weighted by atomic mass is 10.1. The fraction of sp³-hybridized carbons (Fsp3) is 0.393. The van der Waals surface area contributed by atoms with Crippen LogP contribution in [0.3, 0.4) is 0 Å². The second-order valence-electron chi connectivity index (χ2n) is 8.89. The van der Waals surface area contributed by atoms with E-state index < -0.39 is 23.9 Å². The standard InChI is InChI=1S/C28H35N3O7/c1-18-22(23-16-21(35-2)10-11-25(23)31-18)17-27(33)38-20-8-6-19(7-9-20)15-26(32)36-13-14-37-28(34)24(30)5-3-4-12-29/h6-11,16,24,31H,3-5,12-15,17,29-30H2,1-2H3.